The highest BCUT2D eigenvalue weighted by Gasteiger charge is 2.16. The van der Waals surface area contributed by atoms with E-state index in [-0.39, 0.29) is 18.0 Å². The summed E-state index contributed by atoms with van der Waals surface area (Å²) in [5, 5.41) is 7.71. The second-order valence-electron chi connectivity index (χ2n) is 6.73. The Kier molecular flexibility index (Phi) is 4.90. The van der Waals surface area contributed by atoms with Crippen LogP contribution < -0.4 is 10.9 Å². The van der Waals surface area contributed by atoms with Crippen molar-refractivity contribution >= 4 is 29.0 Å². The number of hydrogen-bond acceptors (Lipinski definition) is 4. The third-order valence-corrected chi connectivity index (χ3v) is 4.83. The Morgan fingerprint density at radius 3 is 2.66 bits per heavy atom. The van der Waals surface area contributed by atoms with Gasteiger partial charge in [-0.15, -0.1) is 5.10 Å². The largest absolute Gasteiger partial charge is 0.324 e. The van der Waals surface area contributed by atoms with Crippen molar-refractivity contribution in [2.45, 2.75) is 20.4 Å². The molecule has 4 rings (SSSR count). The maximum atomic E-state index is 12.6. The molecule has 2 aromatic heterocycles. The van der Waals surface area contributed by atoms with Gasteiger partial charge in [0.2, 0.25) is 11.7 Å². The number of halogens is 1. The molecule has 0 spiro atoms. The predicted molar refractivity (Wildman–Crippen MR) is 112 cm³/mol. The highest BCUT2D eigenvalue weighted by molar-refractivity contribution is 6.30. The molecule has 0 saturated carbocycles. The van der Waals surface area contributed by atoms with E-state index in [2.05, 4.69) is 15.4 Å². The SMILES string of the molecule is Cc1ccccc1-c1nc2n(CC(=O)Nc3cccc(Cl)c3)c(C)cc(=O)n2n1. The van der Waals surface area contributed by atoms with Gasteiger partial charge in [0, 0.05) is 28.0 Å². The molecule has 0 aliphatic heterocycles. The van der Waals surface area contributed by atoms with E-state index in [4.69, 9.17) is 11.6 Å². The second kappa shape index (κ2) is 7.52. The smallest absolute Gasteiger partial charge is 0.275 e. The lowest BCUT2D eigenvalue weighted by atomic mass is 10.1. The Morgan fingerprint density at radius 2 is 1.90 bits per heavy atom. The first-order valence-corrected chi connectivity index (χ1v) is 9.39. The van der Waals surface area contributed by atoms with Gasteiger partial charge in [0.05, 0.1) is 0 Å². The average Bonchev–Trinajstić information content (AvgIpc) is 3.11. The highest BCUT2D eigenvalue weighted by atomic mass is 35.5. The molecule has 0 fully saturated rings. The first-order valence-electron chi connectivity index (χ1n) is 9.01. The predicted octanol–water partition coefficient (Wildman–Crippen LogP) is 3.47. The number of rotatable bonds is 4. The Balaban J connectivity index is 1.73. The third kappa shape index (κ3) is 3.77. The fraction of sp³-hybridized carbons (Fsp3) is 0.143. The summed E-state index contributed by atoms with van der Waals surface area (Å²) in [6.07, 6.45) is 0. The fourth-order valence-electron chi connectivity index (χ4n) is 3.15. The Hall–Kier alpha value is -3.45. The Morgan fingerprint density at radius 1 is 1.10 bits per heavy atom. The molecule has 0 aliphatic rings. The first-order chi connectivity index (χ1) is 13.9. The van der Waals surface area contributed by atoms with Crippen molar-refractivity contribution < 1.29 is 4.79 Å². The van der Waals surface area contributed by atoms with Crippen LogP contribution in [0.1, 0.15) is 11.3 Å². The van der Waals surface area contributed by atoms with Gasteiger partial charge < -0.3 is 9.88 Å². The van der Waals surface area contributed by atoms with Crippen LogP contribution in [0.2, 0.25) is 5.02 Å². The van der Waals surface area contributed by atoms with Crippen molar-refractivity contribution in [2.75, 3.05) is 5.32 Å². The van der Waals surface area contributed by atoms with Gasteiger partial charge in [0.15, 0.2) is 5.82 Å². The number of nitrogens with one attached hydrogen (secondary N) is 1. The van der Waals surface area contributed by atoms with Gasteiger partial charge in [0.1, 0.15) is 6.54 Å². The minimum atomic E-state index is -0.295. The maximum Gasteiger partial charge on any atom is 0.275 e. The van der Waals surface area contributed by atoms with E-state index < -0.39 is 0 Å². The lowest BCUT2D eigenvalue weighted by molar-refractivity contribution is -0.116. The van der Waals surface area contributed by atoms with Crippen molar-refractivity contribution in [1.29, 1.82) is 0 Å². The summed E-state index contributed by atoms with van der Waals surface area (Å²) in [6, 6.07) is 16.0. The van der Waals surface area contributed by atoms with Gasteiger partial charge in [-0.3, -0.25) is 9.59 Å². The van der Waals surface area contributed by atoms with Gasteiger partial charge in [-0.05, 0) is 37.6 Å². The summed E-state index contributed by atoms with van der Waals surface area (Å²) in [5.74, 6) is 0.491. The third-order valence-electron chi connectivity index (χ3n) is 4.59. The summed E-state index contributed by atoms with van der Waals surface area (Å²) in [5.41, 5.74) is 2.75. The molecule has 1 amide bonds. The molecular weight excluding hydrogens is 390 g/mol. The monoisotopic (exact) mass is 407 g/mol. The molecule has 4 aromatic rings. The molecule has 1 N–H and O–H groups in total. The number of carbonyl (C=O) groups is 1. The zero-order chi connectivity index (χ0) is 20.5. The second-order valence-corrected chi connectivity index (χ2v) is 7.17. The van der Waals surface area contributed by atoms with Gasteiger partial charge in [-0.1, -0.05) is 41.9 Å². The topological polar surface area (TPSA) is 81.3 Å². The number of anilines is 1. The molecule has 146 valence electrons. The zero-order valence-electron chi connectivity index (χ0n) is 15.9. The van der Waals surface area contributed by atoms with Crippen molar-refractivity contribution in [2.24, 2.45) is 0 Å². The van der Waals surface area contributed by atoms with Crippen molar-refractivity contribution in [1.82, 2.24) is 19.2 Å². The number of nitrogens with zero attached hydrogens (tertiary/aromatic N) is 4. The Labute approximate surface area is 171 Å². The minimum Gasteiger partial charge on any atom is -0.324 e. The van der Waals surface area contributed by atoms with Gasteiger partial charge in [0.25, 0.3) is 5.56 Å². The van der Waals surface area contributed by atoms with Gasteiger partial charge in [-0.2, -0.15) is 9.50 Å². The van der Waals surface area contributed by atoms with Gasteiger partial charge >= 0.3 is 0 Å². The average molecular weight is 408 g/mol. The number of benzene rings is 2. The van der Waals surface area contributed by atoms with Crippen LogP contribution in [0.3, 0.4) is 0 Å². The standard InChI is InChI=1S/C21H18ClN5O2/c1-13-6-3-4-9-17(13)20-24-21-26(14(2)10-19(29)27(21)25-20)12-18(28)23-16-8-5-7-15(22)11-16/h3-11H,12H2,1-2H3,(H,23,28). The van der Waals surface area contributed by atoms with Crippen LogP contribution in [0.4, 0.5) is 5.69 Å². The summed E-state index contributed by atoms with van der Waals surface area (Å²) in [4.78, 5) is 29.6. The molecule has 29 heavy (non-hydrogen) atoms. The number of aromatic nitrogens is 4. The Bertz CT molecular complexity index is 1290. The zero-order valence-corrected chi connectivity index (χ0v) is 16.6. The molecule has 0 aliphatic carbocycles. The van der Waals surface area contributed by atoms with Crippen LogP contribution in [-0.4, -0.2) is 25.1 Å². The number of carbonyl (C=O) groups excluding carboxylic acids is 1. The van der Waals surface area contributed by atoms with Gasteiger partial charge in [-0.25, -0.2) is 0 Å². The summed E-state index contributed by atoms with van der Waals surface area (Å²) < 4.78 is 2.89. The quantitative estimate of drug-likeness (QED) is 0.561. The maximum absolute atomic E-state index is 12.6. The van der Waals surface area contributed by atoms with E-state index in [9.17, 15) is 9.59 Å². The lowest BCUT2D eigenvalue weighted by Crippen LogP contribution is -2.25. The van der Waals surface area contributed by atoms with Crippen LogP contribution in [0.5, 0.6) is 0 Å². The van der Waals surface area contributed by atoms with E-state index in [0.29, 0.717) is 28.0 Å². The lowest BCUT2D eigenvalue weighted by Gasteiger charge is -2.11. The van der Waals surface area contributed by atoms with Crippen LogP contribution in [-0.2, 0) is 11.3 Å². The summed E-state index contributed by atoms with van der Waals surface area (Å²) in [6.45, 7) is 3.70. The molecule has 0 saturated heterocycles. The minimum absolute atomic E-state index is 0.0198. The highest BCUT2D eigenvalue weighted by Crippen LogP contribution is 2.20. The van der Waals surface area contributed by atoms with Crippen molar-refractivity contribution in [3.05, 3.63) is 81.2 Å². The molecule has 0 radical (unpaired) electrons. The van der Waals surface area contributed by atoms with Crippen LogP contribution >= 0.6 is 11.6 Å². The van der Waals surface area contributed by atoms with Crippen LogP contribution in [0.25, 0.3) is 17.2 Å². The molecule has 2 heterocycles. The molecule has 0 bridgehead atoms. The normalized spacial score (nSPS) is 11.0. The van der Waals surface area contributed by atoms with Crippen LogP contribution in [0.15, 0.2) is 59.4 Å². The molecule has 7 nitrogen and oxygen atoms in total. The van der Waals surface area contributed by atoms with E-state index in [1.54, 1.807) is 35.8 Å². The van der Waals surface area contributed by atoms with E-state index in [1.807, 2.05) is 31.2 Å². The fourth-order valence-corrected chi connectivity index (χ4v) is 3.34. The van der Waals surface area contributed by atoms with Crippen molar-refractivity contribution in [3.8, 4) is 11.4 Å². The summed E-state index contributed by atoms with van der Waals surface area (Å²) >= 11 is 5.97. The number of hydrogen-bond donors (Lipinski definition) is 1. The van der Waals surface area contributed by atoms with E-state index in [0.717, 1.165) is 11.1 Å². The van der Waals surface area contributed by atoms with E-state index in [1.165, 1.54) is 10.6 Å². The number of aryl methyl sites for hydroxylation is 2. The molecule has 0 atom stereocenters. The first kappa shape index (κ1) is 18.9. The van der Waals surface area contributed by atoms with Crippen LogP contribution in [0, 0.1) is 13.8 Å². The van der Waals surface area contributed by atoms with Crippen molar-refractivity contribution in [3.63, 3.8) is 0 Å². The molecular formula is C21H18ClN5O2. The summed E-state index contributed by atoms with van der Waals surface area (Å²) in [7, 11) is 0. The number of fused-ring (bicyclic) bond motifs is 1. The van der Waals surface area contributed by atoms with E-state index >= 15 is 0 Å². The molecule has 2 aromatic carbocycles. The molecule has 8 heteroatoms. The number of amides is 1. The molecule has 0 unspecified atom stereocenters.